The molecule has 0 aliphatic heterocycles. The number of carboxylic acids is 1. The van der Waals surface area contributed by atoms with E-state index in [2.05, 4.69) is 29.1 Å². The smallest absolute Gasteiger partial charge is 0.337 e. The third kappa shape index (κ3) is 3.19. The summed E-state index contributed by atoms with van der Waals surface area (Å²) < 4.78 is 0. The molecule has 0 saturated carbocycles. The van der Waals surface area contributed by atoms with Crippen LogP contribution in [0.1, 0.15) is 30.6 Å². The first kappa shape index (κ1) is 13.3. The number of aromatic carboxylic acids is 1. The predicted molar refractivity (Wildman–Crippen MR) is 74.4 cm³/mol. The standard InChI is InChI=1S/C14H17N3O2/c1-9(2)6-7-15-14-16-8-10-4-3-5-11(13(18)19)12(10)17-14/h3-5,8-9H,6-7H2,1-2H3,(H,18,19)(H,15,16,17). The van der Waals surface area contributed by atoms with Crippen molar-refractivity contribution in [3.63, 3.8) is 0 Å². The van der Waals surface area contributed by atoms with Gasteiger partial charge in [0.1, 0.15) is 0 Å². The Morgan fingerprint density at radius 3 is 2.89 bits per heavy atom. The van der Waals surface area contributed by atoms with E-state index in [4.69, 9.17) is 5.11 Å². The zero-order valence-electron chi connectivity index (χ0n) is 11.1. The molecule has 5 heteroatoms. The number of nitrogens with zero attached hydrogens (tertiary/aromatic N) is 2. The maximum absolute atomic E-state index is 11.1. The molecule has 19 heavy (non-hydrogen) atoms. The Hall–Kier alpha value is -2.17. The lowest BCUT2D eigenvalue weighted by Crippen LogP contribution is -2.08. The molecule has 2 rings (SSSR count). The van der Waals surface area contributed by atoms with E-state index in [1.54, 1.807) is 24.4 Å². The second-order valence-electron chi connectivity index (χ2n) is 4.85. The molecule has 0 fully saturated rings. The monoisotopic (exact) mass is 259 g/mol. The third-order valence-electron chi connectivity index (χ3n) is 2.85. The van der Waals surface area contributed by atoms with Crippen molar-refractivity contribution < 1.29 is 9.90 Å². The predicted octanol–water partition coefficient (Wildman–Crippen LogP) is 2.79. The van der Waals surface area contributed by atoms with Crippen molar-refractivity contribution in [2.75, 3.05) is 11.9 Å². The van der Waals surface area contributed by atoms with Gasteiger partial charge in [0, 0.05) is 18.1 Å². The number of anilines is 1. The summed E-state index contributed by atoms with van der Waals surface area (Å²) in [5.41, 5.74) is 0.670. The molecule has 2 N–H and O–H groups in total. The lowest BCUT2D eigenvalue weighted by molar-refractivity contribution is 0.0699. The topological polar surface area (TPSA) is 75.1 Å². The molecule has 1 aromatic carbocycles. The molecule has 1 heterocycles. The second kappa shape index (κ2) is 5.65. The molecule has 0 saturated heterocycles. The van der Waals surface area contributed by atoms with Crippen molar-refractivity contribution in [1.29, 1.82) is 0 Å². The number of para-hydroxylation sites is 1. The van der Waals surface area contributed by atoms with Gasteiger partial charge in [-0.25, -0.2) is 14.8 Å². The van der Waals surface area contributed by atoms with Gasteiger partial charge in [0.15, 0.2) is 0 Å². The molecule has 5 nitrogen and oxygen atoms in total. The van der Waals surface area contributed by atoms with Gasteiger partial charge in [-0.3, -0.25) is 0 Å². The first-order chi connectivity index (χ1) is 9.08. The lowest BCUT2D eigenvalue weighted by Gasteiger charge is -2.08. The van der Waals surface area contributed by atoms with Crippen molar-refractivity contribution in [3.8, 4) is 0 Å². The zero-order valence-corrected chi connectivity index (χ0v) is 11.1. The Morgan fingerprint density at radius 2 is 2.21 bits per heavy atom. The molecule has 0 aliphatic carbocycles. The Balaban J connectivity index is 2.28. The Labute approximate surface area is 111 Å². The van der Waals surface area contributed by atoms with Gasteiger partial charge in [0.25, 0.3) is 0 Å². The van der Waals surface area contributed by atoms with Gasteiger partial charge >= 0.3 is 5.97 Å². The van der Waals surface area contributed by atoms with Crippen LogP contribution in [0.5, 0.6) is 0 Å². The van der Waals surface area contributed by atoms with E-state index in [1.807, 2.05) is 0 Å². The second-order valence-corrected chi connectivity index (χ2v) is 4.85. The van der Waals surface area contributed by atoms with E-state index in [-0.39, 0.29) is 5.56 Å². The number of rotatable bonds is 5. The van der Waals surface area contributed by atoms with Gasteiger partial charge in [0.05, 0.1) is 11.1 Å². The number of hydrogen-bond donors (Lipinski definition) is 2. The van der Waals surface area contributed by atoms with Crippen molar-refractivity contribution in [2.24, 2.45) is 5.92 Å². The number of fused-ring (bicyclic) bond motifs is 1. The fourth-order valence-electron chi connectivity index (χ4n) is 1.79. The van der Waals surface area contributed by atoms with E-state index in [1.165, 1.54) is 0 Å². The van der Waals surface area contributed by atoms with Crippen LogP contribution in [-0.2, 0) is 0 Å². The van der Waals surface area contributed by atoms with E-state index in [9.17, 15) is 4.79 Å². The molecular formula is C14H17N3O2. The van der Waals surface area contributed by atoms with Gasteiger partial charge in [-0.05, 0) is 18.4 Å². The minimum atomic E-state index is -0.975. The molecule has 0 atom stereocenters. The van der Waals surface area contributed by atoms with Crippen molar-refractivity contribution in [2.45, 2.75) is 20.3 Å². The molecule has 100 valence electrons. The van der Waals surface area contributed by atoms with E-state index >= 15 is 0 Å². The number of hydrogen-bond acceptors (Lipinski definition) is 4. The molecule has 1 aromatic heterocycles. The van der Waals surface area contributed by atoms with Crippen molar-refractivity contribution >= 4 is 22.8 Å². The average Bonchev–Trinajstić information content (AvgIpc) is 2.37. The molecule has 0 aliphatic rings. The highest BCUT2D eigenvalue weighted by atomic mass is 16.4. The number of nitrogens with one attached hydrogen (secondary N) is 1. The molecule has 0 unspecified atom stereocenters. The first-order valence-electron chi connectivity index (χ1n) is 6.31. The summed E-state index contributed by atoms with van der Waals surface area (Å²) in [5, 5.41) is 13.0. The van der Waals surface area contributed by atoms with Gasteiger partial charge in [-0.1, -0.05) is 26.0 Å². The number of aromatic nitrogens is 2. The SMILES string of the molecule is CC(C)CCNc1ncc2cccc(C(=O)O)c2n1. The maximum atomic E-state index is 11.1. The van der Waals surface area contributed by atoms with Crippen LogP contribution in [0.15, 0.2) is 24.4 Å². The molecule has 0 radical (unpaired) electrons. The molecule has 0 bridgehead atoms. The quantitative estimate of drug-likeness (QED) is 0.863. The van der Waals surface area contributed by atoms with Gasteiger partial charge in [-0.15, -0.1) is 0 Å². The molecular weight excluding hydrogens is 242 g/mol. The van der Waals surface area contributed by atoms with Crippen LogP contribution >= 0.6 is 0 Å². The summed E-state index contributed by atoms with van der Waals surface area (Å²) in [6, 6.07) is 5.05. The summed E-state index contributed by atoms with van der Waals surface area (Å²) in [4.78, 5) is 19.6. The van der Waals surface area contributed by atoms with Crippen LogP contribution in [-0.4, -0.2) is 27.6 Å². The van der Waals surface area contributed by atoms with Gasteiger partial charge < -0.3 is 10.4 Å². The normalized spacial score (nSPS) is 10.9. The highest BCUT2D eigenvalue weighted by Gasteiger charge is 2.10. The molecule has 0 amide bonds. The average molecular weight is 259 g/mol. The largest absolute Gasteiger partial charge is 0.478 e. The van der Waals surface area contributed by atoms with Crippen LogP contribution in [0.25, 0.3) is 10.9 Å². The minimum absolute atomic E-state index is 0.201. The summed E-state index contributed by atoms with van der Waals surface area (Å²) >= 11 is 0. The van der Waals surface area contributed by atoms with E-state index in [0.717, 1.165) is 18.4 Å². The maximum Gasteiger partial charge on any atom is 0.337 e. The number of benzene rings is 1. The fourth-order valence-corrected chi connectivity index (χ4v) is 1.79. The summed E-state index contributed by atoms with van der Waals surface area (Å²) in [7, 11) is 0. The van der Waals surface area contributed by atoms with Gasteiger partial charge in [-0.2, -0.15) is 0 Å². The van der Waals surface area contributed by atoms with Crippen LogP contribution in [0.3, 0.4) is 0 Å². The third-order valence-corrected chi connectivity index (χ3v) is 2.85. The number of carbonyl (C=O) groups is 1. The van der Waals surface area contributed by atoms with E-state index < -0.39 is 5.97 Å². The van der Waals surface area contributed by atoms with Crippen LogP contribution in [0.4, 0.5) is 5.95 Å². The first-order valence-corrected chi connectivity index (χ1v) is 6.31. The lowest BCUT2D eigenvalue weighted by atomic mass is 10.1. The highest BCUT2D eigenvalue weighted by Crippen LogP contribution is 2.17. The van der Waals surface area contributed by atoms with Crippen molar-refractivity contribution in [1.82, 2.24) is 9.97 Å². The summed E-state index contributed by atoms with van der Waals surface area (Å²) in [6.45, 7) is 5.06. The Kier molecular flexibility index (Phi) is 3.94. The minimum Gasteiger partial charge on any atom is -0.478 e. The molecule has 2 aromatic rings. The van der Waals surface area contributed by atoms with Crippen LogP contribution < -0.4 is 5.32 Å². The number of carboxylic acid groups (broad SMARTS) is 1. The van der Waals surface area contributed by atoms with Gasteiger partial charge in [0.2, 0.25) is 5.95 Å². The van der Waals surface area contributed by atoms with E-state index in [0.29, 0.717) is 17.4 Å². The Bertz CT molecular complexity index is 596. The fraction of sp³-hybridized carbons (Fsp3) is 0.357. The highest BCUT2D eigenvalue weighted by molar-refractivity contribution is 6.01. The van der Waals surface area contributed by atoms with Crippen LogP contribution in [0.2, 0.25) is 0 Å². The van der Waals surface area contributed by atoms with Crippen LogP contribution in [0, 0.1) is 5.92 Å². The summed E-state index contributed by atoms with van der Waals surface area (Å²) in [6.07, 6.45) is 2.66. The summed E-state index contributed by atoms with van der Waals surface area (Å²) in [5.74, 6) is 0.0989. The Morgan fingerprint density at radius 1 is 1.42 bits per heavy atom. The zero-order chi connectivity index (χ0) is 13.8. The van der Waals surface area contributed by atoms with Crippen molar-refractivity contribution in [3.05, 3.63) is 30.0 Å². The molecule has 0 spiro atoms.